The Morgan fingerprint density at radius 3 is 3.10 bits per heavy atom. The van der Waals surface area contributed by atoms with Crippen LogP contribution >= 0.6 is 0 Å². The van der Waals surface area contributed by atoms with Gasteiger partial charge in [-0.25, -0.2) is 4.98 Å². The van der Waals surface area contributed by atoms with Gasteiger partial charge in [-0.15, -0.1) is 0 Å². The largest absolute Gasteiger partial charge is 0.310 e. The summed E-state index contributed by atoms with van der Waals surface area (Å²) in [4.78, 5) is 3.84. The van der Waals surface area contributed by atoms with Crippen LogP contribution in [0.5, 0.6) is 0 Å². The maximum absolute atomic E-state index is 8.28. The summed E-state index contributed by atoms with van der Waals surface area (Å²) in [5.41, 5.74) is 0.875. The maximum Gasteiger partial charge on any atom is 0.0989 e. The molecule has 0 aliphatic carbocycles. The molecule has 0 fully saturated rings. The molecule has 0 radical (unpaired) electrons. The van der Waals surface area contributed by atoms with Crippen molar-refractivity contribution in [2.24, 2.45) is 0 Å². The van der Waals surface area contributed by atoms with Gasteiger partial charge >= 0.3 is 0 Å². The molecule has 3 heteroatoms. The Morgan fingerprint density at radius 1 is 1.80 bits per heavy atom. The summed E-state index contributed by atoms with van der Waals surface area (Å²) >= 11 is 0. The van der Waals surface area contributed by atoms with Crippen molar-refractivity contribution in [2.75, 3.05) is 0 Å². The van der Waals surface area contributed by atoms with E-state index in [1.165, 1.54) is 6.08 Å². The molecule has 1 rings (SSSR count). The molecule has 0 aromatic carbocycles. The van der Waals surface area contributed by atoms with Gasteiger partial charge in [0.2, 0.25) is 0 Å². The van der Waals surface area contributed by atoms with Crippen LogP contribution in [0.25, 0.3) is 5.70 Å². The molecule has 0 unspecified atom stereocenters. The van der Waals surface area contributed by atoms with Crippen molar-refractivity contribution in [1.82, 2.24) is 9.55 Å². The van der Waals surface area contributed by atoms with E-state index in [0.717, 1.165) is 5.70 Å². The number of aromatic nitrogens is 2. The zero-order valence-electron chi connectivity index (χ0n) is 5.65. The quantitative estimate of drug-likeness (QED) is 0.541. The first-order valence-electron chi connectivity index (χ1n) is 2.89. The van der Waals surface area contributed by atoms with Gasteiger partial charge in [-0.05, 0) is 6.92 Å². The predicted octanol–water partition coefficient (Wildman–Crippen LogP) is 1.27. The van der Waals surface area contributed by atoms with Crippen molar-refractivity contribution in [1.29, 1.82) is 5.26 Å². The van der Waals surface area contributed by atoms with E-state index < -0.39 is 0 Å². The second-order valence-corrected chi connectivity index (χ2v) is 1.88. The average Bonchev–Trinajstić information content (AvgIpc) is 2.38. The van der Waals surface area contributed by atoms with Crippen LogP contribution in [0.1, 0.15) is 6.92 Å². The minimum Gasteiger partial charge on any atom is -0.310 e. The van der Waals surface area contributed by atoms with Gasteiger partial charge in [0, 0.05) is 24.2 Å². The topological polar surface area (TPSA) is 41.6 Å². The molecule has 10 heavy (non-hydrogen) atoms. The molecule has 0 amide bonds. The molecular weight excluding hydrogens is 126 g/mol. The molecule has 3 nitrogen and oxygen atoms in total. The predicted molar refractivity (Wildman–Crippen MR) is 37.8 cm³/mol. The lowest BCUT2D eigenvalue weighted by molar-refractivity contribution is 1.08. The van der Waals surface area contributed by atoms with Crippen molar-refractivity contribution in [3.63, 3.8) is 0 Å². The van der Waals surface area contributed by atoms with Crippen LogP contribution in [-0.2, 0) is 0 Å². The first kappa shape index (κ1) is 6.56. The van der Waals surface area contributed by atoms with Gasteiger partial charge in [-0.3, -0.25) is 0 Å². The fraction of sp³-hybridized carbons (Fsp3) is 0.143. The number of rotatable bonds is 1. The number of allylic oxidation sites excluding steroid dienone is 2. The lowest BCUT2D eigenvalue weighted by atomic mass is 10.4. The first-order valence-corrected chi connectivity index (χ1v) is 2.89. The standard InChI is InChI=1S/C7H7N3/c1-7(2-3-8)10-5-4-9-6-10/h2,4-6H,1H3/b7-2+. The molecule has 0 atom stereocenters. The van der Waals surface area contributed by atoms with Crippen molar-refractivity contribution in [3.8, 4) is 6.07 Å². The van der Waals surface area contributed by atoms with Gasteiger partial charge < -0.3 is 4.57 Å². The molecule has 0 spiro atoms. The second-order valence-electron chi connectivity index (χ2n) is 1.88. The zero-order chi connectivity index (χ0) is 7.40. The van der Waals surface area contributed by atoms with Gasteiger partial charge in [0.05, 0.1) is 12.4 Å². The molecule has 1 aromatic rings. The third kappa shape index (κ3) is 1.23. The highest BCUT2D eigenvalue weighted by atomic mass is 15.0. The smallest absolute Gasteiger partial charge is 0.0989 e. The summed E-state index contributed by atoms with van der Waals surface area (Å²) in [6.07, 6.45) is 6.60. The molecule has 1 heterocycles. The average molecular weight is 133 g/mol. The summed E-state index contributed by atoms with van der Waals surface area (Å²) in [6.45, 7) is 1.85. The van der Waals surface area contributed by atoms with Gasteiger partial charge in [0.25, 0.3) is 0 Å². The fourth-order valence-corrected chi connectivity index (χ4v) is 0.636. The highest BCUT2D eigenvalue weighted by molar-refractivity contribution is 5.45. The molecule has 0 saturated carbocycles. The van der Waals surface area contributed by atoms with E-state index in [0.29, 0.717) is 0 Å². The van der Waals surface area contributed by atoms with Crippen LogP contribution in [0.2, 0.25) is 0 Å². The Morgan fingerprint density at radius 2 is 2.60 bits per heavy atom. The minimum absolute atomic E-state index is 0.875. The molecular formula is C7H7N3. The van der Waals surface area contributed by atoms with Crippen molar-refractivity contribution in [3.05, 3.63) is 24.8 Å². The highest BCUT2D eigenvalue weighted by Gasteiger charge is 1.88. The Bertz CT molecular complexity index is 264. The molecule has 0 N–H and O–H groups in total. The van der Waals surface area contributed by atoms with Gasteiger partial charge in [-0.1, -0.05) is 0 Å². The first-order chi connectivity index (χ1) is 4.84. The molecule has 0 aliphatic rings. The number of nitrogens with zero attached hydrogens (tertiary/aromatic N) is 3. The summed E-state index contributed by atoms with van der Waals surface area (Å²) in [6, 6.07) is 1.95. The van der Waals surface area contributed by atoms with E-state index in [2.05, 4.69) is 4.98 Å². The highest BCUT2D eigenvalue weighted by Crippen LogP contribution is 1.99. The summed E-state index contributed by atoms with van der Waals surface area (Å²) in [5, 5.41) is 8.28. The number of hydrogen-bond acceptors (Lipinski definition) is 2. The molecule has 50 valence electrons. The lowest BCUT2D eigenvalue weighted by Gasteiger charge is -1.95. The Labute approximate surface area is 59.2 Å². The molecule has 0 aliphatic heterocycles. The third-order valence-corrected chi connectivity index (χ3v) is 1.19. The summed E-state index contributed by atoms with van der Waals surface area (Å²) in [7, 11) is 0. The van der Waals surface area contributed by atoms with E-state index in [1.807, 2.05) is 13.0 Å². The number of hydrogen-bond donors (Lipinski definition) is 0. The van der Waals surface area contributed by atoms with Crippen LogP contribution in [0.15, 0.2) is 24.8 Å². The van der Waals surface area contributed by atoms with Crippen LogP contribution in [-0.4, -0.2) is 9.55 Å². The summed E-state index contributed by atoms with van der Waals surface area (Å²) in [5.74, 6) is 0. The molecule has 0 bridgehead atoms. The zero-order valence-corrected chi connectivity index (χ0v) is 5.65. The molecule has 1 aromatic heterocycles. The van der Waals surface area contributed by atoms with Gasteiger partial charge in [0.15, 0.2) is 0 Å². The fourth-order valence-electron chi connectivity index (χ4n) is 0.636. The van der Waals surface area contributed by atoms with Crippen LogP contribution in [0, 0.1) is 11.3 Å². The van der Waals surface area contributed by atoms with E-state index in [9.17, 15) is 0 Å². The monoisotopic (exact) mass is 133 g/mol. The van der Waals surface area contributed by atoms with Crippen molar-refractivity contribution in [2.45, 2.75) is 6.92 Å². The normalized spacial score (nSPS) is 11.0. The second kappa shape index (κ2) is 2.83. The number of nitriles is 1. The lowest BCUT2D eigenvalue weighted by Crippen LogP contribution is -1.86. The van der Waals surface area contributed by atoms with Crippen LogP contribution in [0.4, 0.5) is 0 Å². The van der Waals surface area contributed by atoms with E-state index in [1.54, 1.807) is 23.3 Å². The van der Waals surface area contributed by atoms with E-state index in [4.69, 9.17) is 5.26 Å². The Balaban J connectivity index is 2.90. The van der Waals surface area contributed by atoms with Crippen molar-refractivity contribution < 1.29 is 0 Å². The van der Waals surface area contributed by atoms with Gasteiger partial charge in [-0.2, -0.15) is 5.26 Å². The van der Waals surface area contributed by atoms with E-state index >= 15 is 0 Å². The maximum atomic E-state index is 8.28. The Hall–Kier alpha value is -1.56. The van der Waals surface area contributed by atoms with E-state index in [-0.39, 0.29) is 0 Å². The number of imidazole rings is 1. The third-order valence-electron chi connectivity index (χ3n) is 1.19. The van der Waals surface area contributed by atoms with Crippen LogP contribution in [0.3, 0.4) is 0 Å². The minimum atomic E-state index is 0.875. The van der Waals surface area contributed by atoms with Crippen LogP contribution < -0.4 is 0 Å². The summed E-state index contributed by atoms with van der Waals surface area (Å²) < 4.78 is 1.78. The Kier molecular flexibility index (Phi) is 1.86. The van der Waals surface area contributed by atoms with Gasteiger partial charge in [0.1, 0.15) is 0 Å². The van der Waals surface area contributed by atoms with Crippen molar-refractivity contribution >= 4 is 5.70 Å². The SMILES string of the molecule is C/C(=C\C#N)n1ccnc1. The molecule has 0 saturated heterocycles.